The van der Waals surface area contributed by atoms with Gasteiger partial charge in [-0.2, -0.15) is 8.42 Å². The molecule has 0 aliphatic rings. The zero-order valence-corrected chi connectivity index (χ0v) is 25.0. The largest absolute Gasteiger partial charge is 0.270 e. The Bertz CT molecular complexity index is 489. The van der Waals surface area contributed by atoms with Gasteiger partial charge in [-0.1, -0.05) is 174 Å². The smallest absolute Gasteiger partial charge is 0.267 e. The highest BCUT2D eigenvalue weighted by atomic mass is 32.2. The highest BCUT2D eigenvalue weighted by Gasteiger charge is 2.10. The molecule has 0 amide bonds. The van der Waals surface area contributed by atoms with Gasteiger partial charge in [0.05, 0.1) is 12.4 Å². The molecular weight excluding hydrogens is 452 g/mol. The monoisotopic (exact) mass is 516 g/mol. The van der Waals surface area contributed by atoms with Crippen LogP contribution in [0.15, 0.2) is 0 Å². The number of hydrogen-bond donors (Lipinski definition) is 0. The molecule has 35 heavy (non-hydrogen) atoms. The van der Waals surface area contributed by atoms with Crippen molar-refractivity contribution < 1.29 is 12.6 Å². The Hall–Kier alpha value is -0.0900. The van der Waals surface area contributed by atoms with E-state index in [4.69, 9.17) is 4.18 Å². The van der Waals surface area contributed by atoms with Crippen LogP contribution >= 0.6 is 0 Å². The third kappa shape index (κ3) is 30.0. The molecule has 0 saturated heterocycles. The van der Waals surface area contributed by atoms with Gasteiger partial charge in [-0.3, -0.25) is 4.18 Å². The maximum Gasteiger partial charge on any atom is 0.267 e. The Labute approximate surface area is 222 Å². The van der Waals surface area contributed by atoms with E-state index >= 15 is 0 Å². The van der Waals surface area contributed by atoms with Gasteiger partial charge >= 0.3 is 0 Å². The van der Waals surface area contributed by atoms with E-state index in [0.717, 1.165) is 32.1 Å². The van der Waals surface area contributed by atoms with Gasteiger partial charge in [0, 0.05) is 0 Å². The molecule has 0 unspecified atom stereocenters. The molecule has 0 bridgehead atoms. The second-order valence-corrected chi connectivity index (χ2v) is 12.7. The van der Waals surface area contributed by atoms with Crippen molar-refractivity contribution in [2.45, 2.75) is 187 Å². The molecule has 3 nitrogen and oxygen atoms in total. The topological polar surface area (TPSA) is 43.4 Å². The minimum absolute atomic E-state index is 0.196. The van der Waals surface area contributed by atoms with Gasteiger partial charge in [0.2, 0.25) is 0 Å². The van der Waals surface area contributed by atoms with Crippen molar-refractivity contribution in [3.05, 3.63) is 0 Å². The van der Waals surface area contributed by atoms with E-state index in [0.29, 0.717) is 6.61 Å². The molecule has 0 heterocycles. The van der Waals surface area contributed by atoms with Crippen LogP contribution in [0.25, 0.3) is 0 Å². The van der Waals surface area contributed by atoms with Gasteiger partial charge in [0.1, 0.15) is 0 Å². The van der Waals surface area contributed by atoms with Crippen molar-refractivity contribution in [1.29, 1.82) is 0 Å². The highest BCUT2D eigenvalue weighted by Crippen LogP contribution is 2.15. The molecule has 0 aliphatic carbocycles. The molecule has 212 valence electrons. The van der Waals surface area contributed by atoms with Crippen LogP contribution < -0.4 is 0 Å². The van der Waals surface area contributed by atoms with Gasteiger partial charge in [0.25, 0.3) is 10.1 Å². The molecule has 0 rings (SSSR count). The van der Waals surface area contributed by atoms with E-state index in [2.05, 4.69) is 13.8 Å². The van der Waals surface area contributed by atoms with Crippen LogP contribution in [-0.4, -0.2) is 20.8 Å². The van der Waals surface area contributed by atoms with Crippen LogP contribution in [0.5, 0.6) is 0 Å². The predicted octanol–water partition coefficient (Wildman–Crippen LogP) is 10.9. The molecule has 0 saturated carbocycles. The lowest BCUT2D eigenvalue weighted by Gasteiger charge is -2.06. The summed E-state index contributed by atoms with van der Waals surface area (Å²) in [4.78, 5) is 0. The normalized spacial score (nSPS) is 11.9. The molecule has 0 aromatic rings. The molecule has 0 aliphatic heterocycles. The van der Waals surface area contributed by atoms with Crippen LogP contribution in [-0.2, 0) is 14.3 Å². The summed E-state index contributed by atoms with van der Waals surface area (Å²) in [5.41, 5.74) is 0. The molecule has 0 spiro atoms. The third-order valence-corrected chi connectivity index (χ3v) is 8.57. The van der Waals surface area contributed by atoms with E-state index in [1.165, 1.54) is 141 Å². The highest BCUT2D eigenvalue weighted by molar-refractivity contribution is 7.86. The molecule has 0 radical (unpaired) electrons. The first-order valence-corrected chi connectivity index (χ1v) is 17.6. The summed E-state index contributed by atoms with van der Waals surface area (Å²) in [6.45, 7) is 4.89. The van der Waals surface area contributed by atoms with Crippen molar-refractivity contribution in [2.75, 3.05) is 12.4 Å². The van der Waals surface area contributed by atoms with E-state index in [-0.39, 0.29) is 5.75 Å². The first-order chi connectivity index (χ1) is 17.1. The minimum Gasteiger partial charge on any atom is -0.270 e. The second kappa shape index (κ2) is 28.5. The number of hydrogen-bond acceptors (Lipinski definition) is 3. The number of rotatable bonds is 30. The number of unbranched alkanes of at least 4 members (excludes halogenated alkanes) is 25. The second-order valence-electron chi connectivity index (χ2n) is 10.9. The summed E-state index contributed by atoms with van der Waals surface area (Å²) in [6.07, 6.45) is 35.0. The van der Waals surface area contributed by atoms with E-state index in [1.807, 2.05) is 0 Å². The molecule has 4 heteroatoms. The van der Waals surface area contributed by atoms with Gasteiger partial charge in [-0.05, 0) is 12.8 Å². The first kappa shape index (κ1) is 34.9. The fourth-order valence-electron chi connectivity index (χ4n) is 4.84. The van der Waals surface area contributed by atoms with Gasteiger partial charge in [0.15, 0.2) is 0 Å². The van der Waals surface area contributed by atoms with Gasteiger partial charge < -0.3 is 0 Å². The van der Waals surface area contributed by atoms with Crippen molar-refractivity contribution in [1.82, 2.24) is 0 Å². The Balaban J connectivity index is 3.24. The summed E-state index contributed by atoms with van der Waals surface area (Å²) in [7, 11) is -3.31. The summed E-state index contributed by atoms with van der Waals surface area (Å²) < 4.78 is 29.1. The Morgan fingerprint density at radius 3 is 0.943 bits per heavy atom. The summed E-state index contributed by atoms with van der Waals surface area (Å²) in [6, 6.07) is 0. The summed E-state index contributed by atoms with van der Waals surface area (Å²) in [5, 5.41) is 0. The van der Waals surface area contributed by atoms with Crippen LogP contribution in [0.1, 0.15) is 187 Å². The van der Waals surface area contributed by atoms with Crippen LogP contribution in [0, 0.1) is 0 Å². The van der Waals surface area contributed by atoms with Crippen LogP contribution in [0.4, 0.5) is 0 Å². The quantitative estimate of drug-likeness (QED) is 0.0704. The van der Waals surface area contributed by atoms with Crippen LogP contribution in [0.3, 0.4) is 0 Å². The Kier molecular flexibility index (Phi) is 28.4. The van der Waals surface area contributed by atoms with Gasteiger partial charge in [-0.15, -0.1) is 0 Å². The van der Waals surface area contributed by atoms with E-state index < -0.39 is 10.1 Å². The van der Waals surface area contributed by atoms with Gasteiger partial charge in [-0.25, -0.2) is 0 Å². The molecule has 0 N–H and O–H groups in total. The van der Waals surface area contributed by atoms with E-state index in [9.17, 15) is 8.42 Å². The molecule has 0 aromatic carbocycles. The molecule has 0 fully saturated rings. The minimum atomic E-state index is -3.31. The predicted molar refractivity (Wildman–Crippen MR) is 156 cm³/mol. The molecule has 0 atom stereocenters. The lowest BCUT2D eigenvalue weighted by Crippen LogP contribution is -2.11. The maximum absolute atomic E-state index is 12.0. The van der Waals surface area contributed by atoms with Crippen LogP contribution in [0.2, 0.25) is 0 Å². The molecular formula is C31H64O3S. The maximum atomic E-state index is 12.0. The zero-order chi connectivity index (χ0) is 25.7. The SMILES string of the molecule is CCCCCCCCCCCCCCCCCCCCCOS(=O)(=O)CCCCCCCCCC. The summed E-state index contributed by atoms with van der Waals surface area (Å²) >= 11 is 0. The fourth-order valence-corrected chi connectivity index (χ4v) is 5.89. The van der Waals surface area contributed by atoms with Crippen molar-refractivity contribution in [2.24, 2.45) is 0 Å². The standard InChI is InChI=1S/C31H64O3S/c1-3-5-7-9-11-13-14-15-16-17-18-19-20-21-22-23-24-26-28-30-34-35(32,33)31-29-27-25-12-10-8-6-4-2/h3-31H2,1-2H3. The third-order valence-electron chi connectivity index (χ3n) is 7.26. The van der Waals surface area contributed by atoms with Crippen molar-refractivity contribution in [3.63, 3.8) is 0 Å². The Morgan fingerprint density at radius 2 is 0.629 bits per heavy atom. The lowest BCUT2D eigenvalue weighted by atomic mass is 10.0. The average Bonchev–Trinajstić information content (AvgIpc) is 2.84. The lowest BCUT2D eigenvalue weighted by molar-refractivity contribution is 0.305. The Morgan fingerprint density at radius 1 is 0.371 bits per heavy atom. The first-order valence-electron chi connectivity index (χ1n) is 16.0. The summed E-state index contributed by atoms with van der Waals surface area (Å²) in [5.74, 6) is 0.196. The fraction of sp³-hybridized carbons (Fsp3) is 1.00. The van der Waals surface area contributed by atoms with Crippen molar-refractivity contribution >= 4 is 10.1 Å². The van der Waals surface area contributed by atoms with Crippen molar-refractivity contribution in [3.8, 4) is 0 Å². The molecule has 0 aromatic heterocycles. The van der Waals surface area contributed by atoms with E-state index in [1.54, 1.807) is 0 Å². The average molecular weight is 517 g/mol. The zero-order valence-electron chi connectivity index (χ0n) is 24.1.